The van der Waals surface area contributed by atoms with Crippen LogP contribution in [0.3, 0.4) is 0 Å². The summed E-state index contributed by atoms with van der Waals surface area (Å²) in [6.45, 7) is 4.26. The summed E-state index contributed by atoms with van der Waals surface area (Å²) >= 11 is 0. The van der Waals surface area contributed by atoms with Gasteiger partial charge in [0, 0.05) is 12.2 Å². The highest BCUT2D eigenvalue weighted by atomic mass is 16.5. The summed E-state index contributed by atoms with van der Waals surface area (Å²) in [6, 6.07) is 18.2. The Kier molecular flexibility index (Phi) is 4.86. The second kappa shape index (κ2) is 7.60. The minimum absolute atomic E-state index is 0.216. The zero-order valence-electron chi connectivity index (χ0n) is 15.2. The van der Waals surface area contributed by atoms with Gasteiger partial charge in [0.1, 0.15) is 5.69 Å². The van der Waals surface area contributed by atoms with Crippen molar-refractivity contribution in [3.63, 3.8) is 0 Å². The van der Waals surface area contributed by atoms with Crippen LogP contribution in [0.1, 0.15) is 35.5 Å². The van der Waals surface area contributed by atoms with E-state index in [0.29, 0.717) is 18.7 Å². The largest absolute Gasteiger partial charge is 0.350 e. The van der Waals surface area contributed by atoms with Crippen molar-refractivity contribution in [3.05, 3.63) is 77.1 Å². The molecule has 0 spiro atoms. The Hall–Kier alpha value is -3.17. The van der Waals surface area contributed by atoms with Crippen molar-refractivity contribution in [2.45, 2.75) is 26.1 Å². The van der Waals surface area contributed by atoms with Crippen LogP contribution < -0.4 is 4.90 Å². The molecule has 0 N–H and O–H groups in total. The maximum absolute atomic E-state index is 8.89. The molecule has 27 heavy (non-hydrogen) atoms. The molecule has 0 radical (unpaired) electrons. The SMILES string of the molecule is CCc1ccc(N2CCOC2c2cn(Cc3ccc(C#N)cc3)nn2)cc1. The van der Waals surface area contributed by atoms with Crippen LogP contribution in [-0.4, -0.2) is 28.1 Å². The molecule has 0 saturated carbocycles. The number of nitriles is 1. The summed E-state index contributed by atoms with van der Waals surface area (Å²) in [4.78, 5) is 2.22. The predicted octanol–water partition coefficient (Wildman–Crippen LogP) is 3.30. The molecule has 1 aliphatic rings. The second-order valence-corrected chi connectivity index (χ2v) is 6.59. The van der Waals surface area contributed by atoms with E-state index < -0.39 is 0 Å². The van der Waals surface area contributed by atoms with Gasteiger partial charge in [-0.2, -0.15) is 5.26 Å². The molecule has 1 unspecified atom stereocenters. The summed E-state index contributed by atoms with van der Waals surface area (Å²) < 4.78 is 7.73. The summed E-state index contributed by atoms with van der Waals surface area (Å²) in [5.41, 5.74) is 4.99. The van der Waals surface area contributed by atoms with E-state index in [1.165, 1.54) is 5.56 Å². The van der Waals surface area contributed by atoms with Crippen molar-refractivity contribution in [2.75, 3.05) is 18.1 Å². The molecular formula is C21H21N5O. The zero-order chi connectivity index (χ0) is 18.6. The normalized spacial score (nSPS) is 16.4. The molecule has 4 rings (SSSR count). The maximum atomic E-state index is 8.89. The summed E-state index contributed by atoms with van der Waals surface area (Å²) in [7, 11) is 0. The molecule has 6 heteroatoms. The number of rotatable bonds is 5. The molecule has 1 saturated heterocycles. The Balaban J connectivity index is 1.50. The first-order chi connectivity index (χ1) is 13.3. The molecule has 2 aromatic carbocycles. The Morgan fingerprint density at radius 1 is 1.11 bits per heavy atom. The van der Waals surface area contributed by atoms with Gasteiger partial charge in [-0.3, -0.25) is 0 Å². The van der Waals surface area contributed by atoms with Crippen molar-refractivity contribution in [2.24, 2.45) is 0 Å². The number of anilines is 1. The predicted molar refractivity (Wildman–Crippen MR) is 102 cm³/mol. The van der Waals surface area contributed by atoms with E-state index in [2.05, 4.69) is 52.5 Å². The number of ether oxygens (including phenoxy) is 1. The highest BCUT2D eigenvalue weighted by Crippen LogP contribution is 2.31. The first-order valence-corrected chi connectivity index (χ1v) is 9.13. The minimum atomic E-state index is -0.216. The van der Waals surface area contributed by atoms with E-state index in [1.807, 2.05) is 30.5 Å². The molecular weight excluding hydrogens is 338 g/mol. The Morgan fingerprint density at radius 3 is 2.56 bits per heavy atom. The topological polar surface area (TPSA) is 67.0 Å². The lowest BCUT2D eigenvalue weighted by Crippen LogP contribution is -2.23. The molecule has 2 heterocycles. The van der Waals surface area contributed by atoms with Crippen molar-refractivity contribution in [1.29, 1.82) is 5.26 Å². The second-order valence-electron chi connectivity index (χ2n) is 6.59. The van der Waals surface area contributed by atoms with Crippen LogP contribution in [0, 0.1) is 11.3 Å². The number of benzene rings is 2. The van der Waals surface area contributed by atoms with Gasteiger partial charge in [0.2, 0.25) is 0 Å². The van der Waals surface area contributed by atoms with Gasteiger partial charge in [-0.25, -0.2) is 4.68 Å². The Labute approximate surface area is 158 Å². The Bertz CT molecular complexity index is 940. The van der Waals surface area contributed by atoms with Crippen molar-refractivity contribution in [1.82, 2.24) is 15.0 Å². The van der Waals surface area contributed by atoms with Crippen LogP contribution >= 0.6 is 0 Å². The van der Waals surface area contributed by atoms with Crippen LogP contribution in [0.25, 0.3) is 0 Å². The molecule has 0 aliphatic carbocycles. The lowest BCUT2D eigenvalue weighted by atomic mass is 10.1. The van der Waals surface area contributed by atoms with Crippen LogP contribution in [0.5, 0.6) is 0 Å². The maximum Gasteiger partial charge on any atom is 0.177 e. The van der Waals surface area contributed by atoms with E-state index in [-0.39, 0.29) is 6.23 Å². The fraction of sp³-hybridized carbons (Fsp3) is 0.286. The highest BCUT2D eigenvalue weighted by Gasteiger charge is 2.29. The molecule has 136 valence electrons. The third kappa shape index (κ3) is 3.69. The standard InChI is InChI=1S/C21H21N5O/c1-2-16-7-9-19(10-8-16)26-11-12-27-21(26)20-15-25(24-23-20)14-18-5-3-17(13-22)4-6-18/h3-10,15,21H,2,11-12,14H2,1H3. The third-order valence-corrected chi connectivity index (χ3v) is 4.80. The van der Waals surface area contributed by atoms with Gasteiger partial charge < -0.3 is 9.64 Å². The minimum Gasteiger partial charge on any atom is -0.350 e. The quantitative estimate of drug-likeness (QED) is 0.699. The average molecular weight is 359 g/mol. The van der Waals surface area contributed by atoms with Gasteiger partial charge in [-0.1, -0.05) is 36.4 Å². The van der Waals surface area contributed by atoms with Crippen molar-refractivity contribution < 1.29 is 4.74 Å². The van der Waals surface area contributed by atoms with E-state index in [9.17, 15) is 0 Å². The van der Waals surface area contributed by atoms with Gasteiger partial charge in [0.25, 0.3) is 0 Å². The fourth-order valence-electron chi connectivity index (χ4n) is 3.28. The molecule has 1 fully saturated rings. The fourth-order valence-corrected chi connectivity index (χ4v) is 3.28. The summed E-state index contributed by atoms with van der Waals surface area (Å²) in [5.74, 6) is 0. The monoisotopic (exact) mass is 359 g/mol. The lowest BCUT2D eigenvalue weighted by Gasteiger charge is -2.23. The number of nitrogens with zero attached hydrogens (tertiary/aromatic N) is 5. The van der Waals surface area contributed by atoms with Crippen LogP contribution in [0.15, 0.2) is 54.7 Å². The van der Waals surface area contributed by atoms with E-state index >= 15 is 0 Å². The molecule has 0 bridgehead atoms. The lowest BCUT2D eigenvalue weighted by molar-refractivity contribution is 0.110. The van der Waals surface area contributed by atoms with E-state index in [0.717, 1.165) is 29.9 Å². The highest BCUT2D eigenvalue weighted by molar-refractivity contribution is 5.49. The smallest absolute Gasteiger partial charge is 0.177 e. The third-order valence-electron chi connectivity index (χ3n) is 4.80. The van der Waals surface area contributed by atoms with Crippen molar-refractivity contribution in [3.8, 4) is 6.07 Å². The first-order valence-electron chi connectivity index (χ1n) is 9.13. The van der Waals surface area contributed by atoms with E-state index in [4.69, 9.17) is 10.00 Å². The zero-order valence-corrected chi connectivity index (χ0v) is 15.2. The average Bonchev–Trinajstić information content (AvgIpc) is 3.38. The van der Waals surface area contributed by atoms with Gasteiger partial charge >= 0.3 is 0 Å². The number of hydrogen-bond acceptors (Lipinski definition) is 5. The van der Waals surface area contributed by atoms with Gasteiger partial charge in [-0.05, 0) is 41.8 Å². The first kappa shape index (κ1) is 17.3. The summed E-state index contributed by atoms with van der Waals surface area (Å²) in [6.07, 6.45) is 2.75. The van der Waals surface area contributed by atoms with Crippen LogP contribution in [0.4, 0.5) is 5.69 Å². The van der Waals surface area contributed by atoms with Gasteiger partial charge in [-0.15, -0.1) is 5.10 Å². The molecule has 0 amide bonds. The molecule has 1 atom stereocenters. The Morgan fingerprint density at radius 2 is 1.85 bits per heavy atom. The molecule has 3 aromatic rings. The van der Waals surface area contributed by atoms with E-state index in [1.54, 1.807) is 4.68 Å². The van der Waals surface area contributed by atoms with Crippen LogP contribution in [-0.2, 0) is 17.7 Å². The van der Waals surface area contributed by atoms with Gasteiger partial charge in [0.05, 0.1) is 31.0 Å². The molecule has 1 aliphatic heterocycles. The van der Waals surface area contributed by atoms with Crippen molar-refractivity contribution >= 4 is 5.69 Å². The number of aromatic nitrogens is 3. The molecule has 1 aromatic heterocycles. The van der Waals surface area contributed by atoms with Crippen LogP contribution in [0.2, 0.25) is 0 Å². The number of hydrogen-bond donors (Lipinski definition) is 0. The summed E-state index contributed by atoms with van der Waals surface area (Å²) in [5, 5.41) is 17.5. The number of aryl methyl sites for hydroxylation is 1. The van der Waals surface area contributed by atoms with Gasteiger partial charge in [0.15, 0.2) is 6.23 Å². The molecule has 6 nitrogen and oxygen atoms in total.